The van der Waals surface area contributed by atoms with Crippen molar-refractivity contribution in [1.82, 2.24) is 15.1 Å². The van der Waals surface area contributed by atoms with Crippen LogP contribution in [0.4, 0.5) is 0 Å². The Bertz CT molecular complexity index is 861. The standard InChI is InChI=1S/C16H20N4O4S/c1-24-13-4-2-12(3-5-13)14-8-15(19-18-14)16(21)20-7-6-11(9-20)10-25(17,22)23/h2-5,8,11H,6-7,9-10H2,1H3,(H,18,19)(H2,17,22,23)/t11-/m0/s1. The number of hydrogen-bond donors (Lipinski definition) is 2. The topological polar surface area (TPSA) is 118 Å². The molecule has 0 spiro atoms. The highest BCUT2D eigenvalue weighted by Crippen LogP contribution is 2.23. The van der Waals surface area contributed by atoms with Gasteiger partial charge in [0.15, 0.2) is 0 Å². The summed E-state index contributed by atoms with van der Waals surface area (Å²) in [7, 11) is -1.93. The van der Waals surface area contributed by atoms with Crippen molar-refractivity contribution < 1.29 is 17.9 Å². The highest BCUT2D eigenvalue weighted by Gasteiger charge is 2.30. The molecule has 1 atom stereocenters. The van der Waals surface area contributed by atoms with Crippen molar-refractivity contribution in [2.75, 3.05) is 26.0 Å². The lowest BCUT2D eigenvalue weighted by atomic mass is 10.1. The molecule has 1 aliphatic rings. The minimum Gasteiger partial charge on any atom is -0.497 e. The third-order valence-electron chi connectivity index (χ3n) is 4.24. The van der Waals surface area contributed by atoms with Gasteiger partial charge in [-0.25, -0.2) is 13.6 Å². The van der Waals surface area contributed by atoms with Crippen LogP contribution in [0.3, 0.4) is 0 Å². The Kier molecular flexibility index (Phi) is 4.78. The molecule has 2 heterocycles. The van der Waals surface area contributed by atoms with Gasteiger partial charge in [0.25, 0.3) is 5.91 Å². The Labute approximate surface area is 146 Å². The maximum Gasteiger partial charge on any atom is 0.271 e. The number of rotatable bonds is 5. The summed E-state index contributed by atoms with van der Waals surface area (Å²) in [6.45, 7) is 0.891. The Morgan fingerprint density at radius 1 is 1.40 bits per heavy atom. The first-order chi connectivity index (χ1) is 11.9. The van der Waals surface area contributed by atoms with Gasteiger partial charge < -0.3 is 9.64 Å². The van der Waals surface area contributed by atoms with E-state index >= 15 is 0 Å². The molecule has 0 radical (unpaired) electrons. The number of ether oxygens (including phenoxy) is 1. The van der Waals surface area contributed by atoms with E-state index in [1.165, 1.54) is 0 Å². The monoisotopic (exact) mass is 364 g/mol. The summed E-state index contributed by atoms with van der Waals surface area (Å²) in [6.07, 6.45) is 0.627. The van der Waals surface area contributed by atoms with Gasteiger partial charge in [-0.3, -0.25) is 9.89 Å². The van der Waals surface area contributed by atoms with Crippen LogP contribution in [-0.2, 0) is 10.0 Å². The Hall–Kier alpha value is -2.39. The van der Waals surface area contributed by atoms with E-state index in [2.05, 4.69) is 10.2 Å². The number of sulfonamides is 1. The summed E-state index contributed by atoms with van der Waals surface area (Å²) in [4.78, 5) is 14.2. The predicted octanol–water partition coefficient (Wildman–Crippen LogP) is 0.836. The van der Waals surface area contributed by atoms with Gasteiger partial charge >= 0.3 is 0 Å². The number of likely N-dealkylation sites (tertiary alicyclic amines) is 1. The molecule has 1 amide bonds. The minimum absolute atomic E-state index is 0.100. The zero-order chi connectivity index (χ0) is 18.0. The highest BCUT2D eigenvalue weighted by atomic mass is 32.2. The van der Waals surface area contributed by atoms with Gasteiger partial charge in [0.05, 0.1) is 18.6 Å². The summed E-state index contributed by atoms with van der Waals surface area (Å²) >= 11 is 0. The molecule has 1 fully saturated rings. The number of hydrogen-bond acceptors (Lipinski definition) is 5. The number of aromatic amines is 1. The number of nitrogens with zero attached hydrogens (tertiary/aromatic N) is 2. The quantitative estimate of drug-likeness (QED) is 0.815. The average Bonchev–Trinajstić information content (AvgIpc) is 3.22. The molecule has 1 saturated heterocycles. The molecule has 9 heteroatoms. The van der Waals surface area contributed by atoms with E-state index in [9.17, 15) is 13.2 Å². The van der Waals surface area contributed by atoms with Gasteiger partial charge in [-0.05, 0) is 42.7 Å². The van der Waals surface area contributed by atoms with E-state index < -0.39 is 10.0 Å². The van der Waals surface area contributed by atoms with Crippen molar-refractivity contribution in [3.8, 4) is 17.0 Å². The van der Waals surface area contributed by atoms with Gasteiger partial charge in [-0.15, -0.1) is 0 Å². The first-order valence-electron chi connectivity index (χ1n) is 7.85. The molecule has 0 bridgehead atoms. The second-order valence-electron chi connectivity index (χ2n) is 6.13. The van der Waals surface area contributed by atoms with Crippen LogP contribution in [0, 0.1) is 5.92 Å². The third kappa shape index (κ3) is 4.18. The summed E-state index contributed by atoms with van der Waals surface area (Å²) < 4.78 is 27.5. The summed E-state index contributed by atoms with van der Waals surface area (Å²) in [5.41, 5.74) is 1.90. The lowest BCUT2D eigenvalue weighted by Crippen LogP contribution is -2.31. The number of amides is 1. The van der Waals surface area contributed by atoms with Crippen molar-refractivity contribution in [3.05, 3.63) is 36.0 Å². The minimum atomic E-state index is -3.53. The van der Waals surface area contributed by atoms with Gasteiger partial charge in [0, 0.05) is 18.7 Å². The van der Waals surface area contributed by atoms with E-state index in [0.717, 1.165) is 11.3 Å². The van der Waals surface area contributed by atoms with E-state index in [4.69, 9.17) is 9.88 Å². The van der Waals surface area contributed by atoms with E-state index in [1.54, 1.807) is 18.1 Å². The molecule has 8 nitrogen and oxygen atoms in total. The largest absolute Gasteiger partial charge is 0.497 e. The van der Waals surface area contributed by atoms with Crippen molar-refractivity contribution in [2.45, 2.75) is 6.42 Å². The average molecular weight is 364 g/mol. The molecule has 25 heavy (non-hydrogen) atoms. The number of aromatic nitrogens is 2. The predicted molar refractivity (Wildman–Crippen MR) is 92.6 cm³/mol. The van der Waals surface area contributed by atoms with Gasteiger partial charge in [-0.2, -0.15) is 5.10 Å². The van der Waals surface area contributed by atoms with Crippen molar-refractivity contribution in [2.24, 2.45) is 11.1 Å². The van der Waals surface area contributed by atoms with E-state index in [-0.39, 0.29) is 17.6 Å². The molecular weight excluding hydrogens is 344 g/mol. The molecule has 1 aromatic carbocycles. The second-order valence-corrected chi connectivity index (χ2v) is 7.79. The number of nitrogens with one attached hydrogen (secondary N) is 1. The fourth-order valence-electron chi connectivity index (χ4n) is 2.99. The van der Waals surface area contributed by atoms with Gasteiger partial charge in [0.1, 0.15) is 11.4 Å². The number of carbonyl (C=O) groups is 1. The molecule has 3 N–H and O–H groups in total. The third-order valence-corrected chi connectivity index (χ3v) is 5.17. The number of H-pyrrole nitrogens is 1. The zero-order valence-electron chi connectivity index (χ0n) is 13.8. The first-order valence-corrected chi connectivity index (χ1v) is 9.57. The maximum atomic E-state index is 12.6. The molecule has 3 rings (SSSR count). The lowest BCUT2D eigenvalue weighted by Gasteiger charge is -2.15. The molecule has 1 aromatic heterocycles. The van der Waals surface area contributed by atoms with Gasteiger partial charge in [0.2, 0.25) is 10.0 Å². The molecule has 134 valence electrons. The van der Waals surface area contributed by atoms with Crippen LogP contribution >= 0.6 is 0 Å². The SMILES string of the molecule is COc1ccc(-c2cc(C(=O)N3CC[C@H](CS(N)(=O)=O)C3)[nH]n2)cc1. The van der Waals surface area contributed by atoms with Crippen molar-refractivity contribution >= 4 is 15.9 Å². The Morgan fingerprint density at radius 3 is 2.76 bits per heavy atom. The molecule has 1 aliphatic heterocycles. The summed E-state index contributed by atoms with van der Waals surface area (Å²) in [6, 6.07) is 9.06. The Morgan fingerprint density at radius 2 is 2.12 bits per heavy atom. The smallest absolute Gasteiger partial charge is 0.271 e. The fraction of sp³-hybridized carbons (Fsp3) is 0.375. The molecular formula is C16H20N4O4S. The fourth-order valence-corrected chi connectivity index (χ4v) is 3.92. The molecule has 0 saturated carbocycles. The van der Waals surface area contributed by atoms with Crippen LogP contribution in [0.15, 0.2) is 30.3 Å². The van der Waals surface area contributed by atoms with Crippen LogP contribution in [0.2, 0.25) is 0 Å². The number of benzene rings is 1. The van der Waals surface area contributed by atoms with Crippen LogP contribution < -0.4 is 9.88 Å². The second kappa shape index (κ2) is 6.85. The number of nitrogens with two attached hydrogens (primary N) is 1. The van der Waals surface area contributed by atoms with E-state index in [0.29, 0.717) is 30.9 Å². The first kappa shape index (κ1) is 17.4. The van der Waals surface area contributed by atoms with Crippen LogP contribution in [0.5, 0.6) is 5.75 Å². The number of methoxy groups -OCH3 is 1. The van der Waals surface area contributed by atoms with Crippen molar-refractivity contribution in [1.29, 1.82) is 0 Å². The Balaban J connectivity index is 1.68. The van der Waals surface area contributed by atoms with Crippen LogP contribution in [0.1, 0.15) is 16.9 Å². The summed E-state index contributed by atoms with van der Waals surface area (Å²) in [5, 5.41) is 12.0. The number of carbonyl (C=O) groups excluding carboxylic acids is 1. The number of primary sulfonamides is 1. The molecule has 0 unspecified atom stereocenters. The van der Waals surface area contributed by atoms with Crippen LogP contribution in [-0.4, -0.2) is 55.4 Å². The zero-order valence-corrected chi connectivity index (χ0v) is 14.6. The summed E-state index contributed by atoms with van der Waals surface area (Å²) in [5.74, 6) is 0.331. The van der Waals surface area contributed by atoms with Crippen molar-refractivity contribution in [3.63, 3.8) is 0 Å². The lowest BCUT2D eigenvalue weighted by molar-refractivity contribution is 0.0782. The van der Waals surface area contributed by atoms with Gasteiger partial charge in [-0.1, -0.05) is 0 Å². The van der Waals surface area contributed by atoms with E-state index in [1.807, 2.05) is 24.3 Å². The molecule has 2 aromatic rings. The maximum absolute atomic E-state index is 12.6. The normalized spacial score (nSPS) is 17.7. The highest BCUT2D eigenvalue weighted by molar-refractivity contribution is 7.89. The van der Waals surface area contributed by atoms with Crippen LogP contribution in [0.25, 0.3) is 11.3 Å². The molecule has 0 aliphatic carbocycles.